The molecule has 4 aromatic heterocycles. The molecule has 0 aliphatic carbocycles. The Balaban J connectivity index is 0.000000253. The molecule has 9 rings (SSSR count). The Kier molecular flexibility index (Phi) is 13.6. The first-order valence-corrected chi connectivity index (χ1v) is 30.0. The number of halogens is 1. The predicted molar refractivity (Wildman–Crippen MR) is 269 cm³/mol. The van der Waals surface area contributed by atoms with Crippen LogP contribution in [-0.2, 0) is 37.4 Å². The Hall–Kier alpha value is -4.95. The van der Waals surface area contributed by atoms with E-state index in [-0.39, 0.29) is 42.7 Å². The van der Waals surface area contributed by atoms with Crippen LogP contribution in [0.5, 0.6) is 0 Å². The third kappa shape index (κ3) is 9.80. The van der Waals surface area contributed by atoms with Gasteiger partial charge in [-0.25, -0.2) is 9.37 Å². The molecule has 0 N–H and O–H groups in total. The number of hydrogen-bond acceptors (Lipinski definition) is 4. The van der Waals surface area contributed by atoms with Gasteiger partial charge in [-0.05, 0) is 69.8 Å². The first-order valence-electron chi connectivity index (χ1n) is 22.7. The fraction of sp³-hybridized carbons (Fsp3) is 0.316. The number of para-hydroxylation sites is 2. The van der Waals surface area contributed by atoms with Gasteiger partial charge in [0.1, 0.15) is 5.82 Å². The maximum Gasteiger partial charge on any atom is 0.216 e. The predicted octanol–water partition coefficient (Wildman–Crippen LogP) is 15.1. The first-order chi connectivity index (χ1) is 30.2. The summed E-state index contributed by atoms with van der Waals surface area (Å²) in [6.45, 7) is 22.8. The van der Waals surface area contributed by atoms with E-state index < -0.39 is 13.3 Å². The quantitative estimate of drug-likeness (QED) is 0.118. The van der Waals surface area contributed by atoms with Gasteiger partial charge in [0.05, 0.1) is 28.0 Å². The molecule has 0 fully saturated rings. The average molecular weight is 1100 g/mol. The van der Waals surface area contributed by atoms with E-state index in [0.717, 1.165) is 61.9 Å². The van der Waals surface area contributed by atoms with Gasteiger partial charge in [0.15, 0.2) is 0 Å². The molecule has 4 heterocycles. The van der Waals surface area contributed by atoms with Crippen molar-refractivity contribution in [1.29, 1.82) is 0 Å². The number of benzene rings is 5. The van der Waals surface area contributed by atoms with E-state index >= 15 is 0 Å². The third-order valence-electron chi connectivity index (χ3n) is 12.0. The Morgan fingerprint density at radius 3 is 2.15 bits per heavy atom. The largest absolute Gasteiger partial charge is 0.486 e. The minimum absolute atomic E-state index is 0. The van der Waals surface area contributed by atoms with Crippen LogP contribution in [0.1, 0.15) is 97.4 Å². The molecule has 9 aromatic rings. The number of fused-ring (bicyclic) bond motifs is 5. The van der Waals surface area contributed by atoms with Crippen molar-refractivity contribution in [2.45, 2.75) is 110 Å². The standard InChI is InChI=1S/C39H37FN3O.C18H24GeN.Ir/c1-22(2)28-20-24(38(3,4)5)21-30(39(6,7)8)34(28)43-33-15-10-9-14-32(33)41-36(43)27-13-11-12-26-29-19-23-18-25(40)16-17-31(23)42-37(29)44-35(26)27;1-14(2)11-16-12-18(15-9-7-6-8-10-15)20-13-17(16)19(3,4)5;/h9-12,14-22H,1-8H3;6-9,12-14H,11H2,1-5H3;/q2*-1;. The van der Waals surface area contributed by atoms with Crippen LogP contribution in [0.15, 0.2) is 114 Å². The van der Waals surface area contributed by atoms with Crippen molar-refractivity contribution >= 4 is 61.7 Å². The summed E-state index contributed by atoms with van der Waals surface area (Å²) in [7, 11) is 0. The van der Waals surface area contributed by atoms with Gasteiger partial charge in [-0.2, -0.15) is 0 Å². The molecule has 8 heteroatoms. The van der Waals surface area contributed by atoms with Crippen molar-refractivity contribution in [3.63, 3.8) is 0 Å². The van der Waals surface area contributed by atoms with Crippen molar-refractivity contribution in [3.8, 4) is 28.3 Å². The van der Waals surface area contributed by atoms with E-state index in [1.54, 1.807) is 10.5 Å². The molecule has 5 nitrogen and oxygen atoms in total. The fourth-order valence-corrected chi connectivity index (χ4v) is 12.1. The summed E-state index contributed by atoms with van der Waals surface area (Å²) in [6, 6.07) is 40.7. The maximum absolute atomic E-state index is 14.1. The normalized spacial score (nSPS) is 12.4. The van der Waals surface area contributed by atoms with Gasteiger partial charge >= 0.3 is 126 Å². The number of furan rings is 1. The van der Waals surface area contributed by atoms with Crippen LogP contribution in [0.2, 0.25) is 17.3 Å². The molecule has 0 aliphatic rings. The van der Waals surface area contributed by atoms with E-state index in [1.165, 1.54) is 34.4 Å². The molecule has 337 valence electrons. The zero-order valence-corrected chi connectivity index (χ0v) is 44.7. The fourth-order valence-electron chi connectivity index (χ4n) is 8.72. The number of hydrogen-bond donors (Lipinski definition) is 0. The summed E-state index contributed by atoms with van der Waals surface area (Å²) in [5.41, 5.74) is 13.1. The summed E-state index contributed by atoms with van der Waals surface area (Å²) in [5.74, 6) is 8.74. The van der Waals surface area contributed by atoms with Gasteiger partial charge in [-0.15, -0.1) is 18.2 Å². The number of nitrogens with zero attached hydrogens (tertiary/aromatic N) is 4. The molecule has 0 saturated heterocycles. The zero-order valence-electron chi connectivity index (χ0n) is 40.2. The van der Waals surface area contributed by atoms with Crippen molar-refractivity contribution in [3.05, 3.63) is 150 Å². The van der Waals surface area contributed by atoms with E-state index in [1.807, 2.05) is 42.5 Å². The third-order valence-corrected chi connectivity index (χ3v) is 16.4. The molecule has 0 amide bonds. The number of imidazole rings is 1. The molecule has 1 radical (unpaired) electrons. The summed E-state index contributed by atoms with van der Waals surface area (Å²) in [6.07, 6.45) is 3.27. The van der Waals surface area contributed by atoms with Crippen molar-refractivity contribution in [1.82, 2.24) is 19.5 Å². The minimum atomic E-state index is -1.86. The molecule has 0 atom stereocenters. The monoisotopic (exact) mass is 1100 g/mol. The molecule has 0 unspecified atom stereocenters. The second kappa shape index (κ2) is 18.4. The van der Waals surface area contributed by atoms with Crippen molar-refractivity contribution < 1.29 is 28.9 Å². The molecule has 0 bridgehead atoms. The van der Waals surface area contributed by atoms with Gasteiger partial charge in [0.25, 0.3) is 0 Å². The summed E-state index contributed by atoms with van der Waals surface area (Å²) < 4.78 is 24.5. The molecular weight excluding hydrogens is 1040 g/mol. The van der Waals surface area contributed by atoms with Crippen LogP contribution >= 0.6 is 0 Å². The van der Waals surface area contributed by atoms with Gasteiger partial charge in [0, 0.05) is 36.6 Å². The second-order valence-electron chi connectivity index (χ2n) is 21.1. The van der Waals surface area contributed by atoms with Gasteiger partial charge in [0.2, 0.25) is 5.71 Å². The van der Waals surface area contributed by atoms with Crippen LogP contribution < -0.4 is 4.40 Å². The SMILES string of the molecule is CC(C)Cc1cc(-c2[c-]cccc2)nc[c]1[Ge]([CH3])([CH3])[CH3].CC(C)c1cc(C(C)(C)C)cc(C(C)(C)C)c1-n1c(-c2[c-]ccc3c2oc2nc4ccc(F)cc4cc23)nc2ccccc21.[Ir]. The van der Waals surface area contributed by atoms with Crippen LogP contribution in [0.4, 0.5) is 4.39 Å². The molecule has 5 aromatic carbocycles. The molecule has 65 heavy (non-hydrogen) atoms. The number of aromatic nitrogens is 4. The number of pyridine rings is 2. The minimum Gasteiger partial charge on any atom is -0.486 e. The zero-order chi connectivity index (χ0) is 45.9. The summed E-state index contributed by atoms with van der Waals surface area (Å²) in [5, 5.41) is 2.47. The maximum atomic E-state index is 14.1. The topological polar surface area (TPSA) is 56.7 Å². The second-order valence-corrected chi connectivity index (χ2v) is 31.7. The Bertz CT molecular complexity index is 3160. The van der Waals surface area contributed by atoms with Crippen LogP contribution in [-0.4, -0.2) is 32.8 Å². The van der Waals surface area contributed by atoms with Crippen LogP contribution in [0.3, 0.4) is 0 Å². The van der Waals surface area contributed by atoms with E-state index in [9.17, 15) is 4.39 Å². The number of rotatable bonds is 7. The molecule has 0 spiro atoms. The Morgan fingerprint density at radius 1 is 0.754 bits per heavy atom. The van der Waals surface area contributed by atoms with Gasteiger partial charge < -0.3 is 8.98 Å². The first kappa shape index (κ1) is 48.0. The van der Waals surface area contributed by atoms with Gasteiger partial charge in [-0.1, -0.05) is 90.6 Å². The molecular formula is C57H61FGeIrN4O-2. The van der Waals surface area contributed by atoms with E-state index in [4.69, 9.17) is 19.4 Å². The van der Waals surface area contributed by atoms with E-state index in [0.29, 0.717) is 22.7 Å². The van der Waals surface area contributed by atoms with Gasteiger partial charge in [-0.3, -0.25) is 4.98 Å². The van der Waals surface area contributed by atoms with Crippen LogP contribution in [0, 0.1) is 23.9 Å². The molecule has 0 aliphatic heterocycles. The van der Waals surface area contributed by atoms with Crippen molar-refractivity contribution in [2.75, 3.05) is 0 Å². The van der Waals surface area contributed by atoms with Crippen molar-refractivity contribution in [2.24, 2.45) is 5.92 Å². The summed E-state index contributed by atoms with van der Waals surface area (Å²) in [4.78, 5) is 14.7. The average Bonchev–Trinajstić information content (AvgIpc) is 3.79. The van der Waals surface area contributed by atoms with E-state index in [2.05, 4.69) is 152 Å². The smallest absolute Gasteiger partial charge is 0.216 e. The summed E-state index contributed by atoms with van der Waals surface area (Å²) >= 11 is -1.86. The Morgan fingerprint density at radius 2 is 1.49 bits per heavy atom. The van der Waals surface area contributed by atoms with Crippen LogP contribution in [0.25, 0.3) is 72.3 Å². The molecule has 0 saturated carbocycles. The Labute approximate surface area is 401 Å².